The predicted molar refractivity (Wildman–Crippen MR) is 144 cm³/mol. The lowest BCUT2D eigenvalue weighted by Crippen LogP contribution is -2.55. The predicted octanol–water partition coefficient (Wildman–Crippen LogP) is 5.71. The maximum atomic E-state index is 5.30. The number of hydrogen-bond acceptors (Lipinski definition) is 2. The zero-order valence-electron chi connectivity index (χ0n) is 20.7. The van der Waals surface area contributed by atoms with Crippen molar-refractivity contribution in [3.05, 3.63) is 89.5 Å². The molecule has 0 aliphatic carbocycles. The van der Waals surface area contributed by atoms with Crippen LogP contribution >= 0.6 is 0 Å². The summed E-state index contributed by atoms with van der Waals surface area (Å²) in [6.45, 7) is 8.57. The molecule has 34 heavy (non-hydrogen) atoms. The molecule has 3 aromatic carbocycles. The molecule has 3 aromatic rings. The summed E-state index contributed by atoms with van der Waals surface area (Å²) in [5.74, 6) is 14.9. The van der Waals surface area contributed by atoms with E-state index in [1.807, 2.05) is 61.5 Å². The number of rotatable bonds is 3. The first-order chi connectivity index (χ1) is 16.3. The molecule has 0 aliphatic heterocycles. The quantitative estimate of drug-likeness (QED) is 0.366. The van der Waals surface area contributed by atoms with Gasteiger partial charge in [-0.2, -0.15) is 0 Å². The van der Waals surface area contributed by atoms with Gasteiger partial charge < -0.3 is 9.47 Å². The summed E-state index contributed by atoms with van der Waals surface area (Å²) in [4.78, 5) is 0. The number of ether oxygens (including phenoxy) is 2. The zero-order chi connectivity index (χ0) is 24.6. The SMILES string of the molecule is CC#Cc1ccccc1[Si](C#Cc1ccc(OC)cc1)(C#Cc1ccc(OC)cc1)C(C)(C)C. The first-order valence-electron chi connectivity index (χ1n) is 11.2. The Kier molecular flexibility index (Phi) is 7.91. The van der Waals surface area contributed by atoms with Gasteiger partial charge in [0.1, 0.15) is 11.5 Å². The highest BCUT2D eigenvalue weighted by molar-refractivity contribution is 7.06. The van der Waals surface area contributed by atoms with Crippen LogP contribution in [0.1, 0.15) is 44.4 Å². The highest BCUT2D eigenvalue weighted by Gasteiger charge is 2.46. The standard InChI is InChI=1S/C31H30O2Si/c1-7-10-27-11-8-9-12-30(27)34(31(2,3)4,23-21-25-13-17-28(32-5)18-14-25)24-22-26-15-19-29(33-6)20-16-26/h8-9,11-20H,1-6H3. The van der Waals surface area contributed by atoms with Gasteiger partial charge in [-0.05, 0) is 71.7 Å². The van der Waals surface area contributed by atoms with Crippen molar-refractivity contribution in [3.8, 4) is 46.3 Å². The fourth-order valence-electron chi connectivity index (χ4n) is 3.68. The molecule has 0 saturated carbocycles. The summed E-state index contributed by atoms with van der Waals surface area (Å²) >= 11 is 0. The summed E-state index contributed by atoms with van der Waals surface area (Å²) in [5.41, 5.74) is 10.3. The van der Waals surface area contributed by atoms with E-state index in [0.29, 0.717) is 0 Å². The van der Waals surface area contributed by atoms with Crippen LogP contribution < -0.4 is 14.7 Å². The second-order valence-corrected chi connectivity index (χ2v) is 12.9. The van der Waals surface area contributed by atoms with Crippen LogP contribution in [0, 0.1) is 34.8 Å². The second kappa shape index (κ2) is 10.9. The van der Waals surface area contributed by atoms with Crippen molar-refractivity contribution in [1.29, 1.82) is 0 Å². The number of methoxy groups -OCH3 is 2. The maximum Gasteiger partial charge on any atom is 0.253 e. The lowest BCUT2D eigenvalue weighted by molar-refractivity contribution is 0.414. The molecule has 0 aliphatic rings. The molecule has 3 heteroatoms. The highest BCUT2D eigenvalue weighted by Crippen LogP contribution is 2.36. The van der Waals surface area contributed by atoms with Gasteiger partial charge in [-0.1, -0.05) is 56.7 Å². The van der Waals surface area contributed by atoms with Crippen molar-refractivity contribution in [1.82, 2.24) is 0 Å². The van der Waals surface area contributed by atoms with Gasteiger partial charge in [0.25, 0.3) is 8.07 Å². The Bertz CT molecular complexity index is 1250. The van der Waals surface area contributed by atoms with E-state index in [9.17, 15) is 0 Å². The first kappa shape index (κ1) is 24.8. The van der Waals surface area contributed by atoms with E-state index in [1.54, 1.807) is 14.2 Å². The largest absolute Gasteiger partial charge is 0.497 e. The summed E-state index contributed by atoms with van der Waals surface area (Å²) in [7, 11) is 0.579. The maximum absolute atomic E-state index is 5.30. The fourth-order valence-corrected chi connectivity index (χ4v) is 7.13. The molecular formula is C31H30O2Si. The van der Waals surface area contributed by atoms with Crippen molar-refractivity contribution >= 4 is 13.3 Å². The second-order valence-electron chi connectivity index (χ2n) is 8.88. The van der Waals surface area contributed by atoms with E-state index in [-0.39, 0.29) is 5.04 Å². The van der Waals surface area contributed by atoms with Gasteiger partial charge in [0, 0.05) is 16.7 Å². The van der Waals surface area contributed by atoms with E-state index in [2.05, 4.69) is 73.7 Å². The Morgan fingerprint density at radius 2 is 1.12 bits per heavy atom. The van der Waals surface area contributed by atoms with Crippen molar-refractivity contribution < 1.29 is 9.47 Å². The molecule has 3 rings (SSSR count). The fraction of sp³-hybridized carbons (Fsp3) is 0.226. The van der Waals surface area contributed by atoms with E-state index in [0.717, 1.165) is 33.4 Å². The molecular weight excluding hydrogens is 432 g/mol. The van der Waals surface area contributed by atoms with Crippen molar-refractivity contribution in [3.63, 3.8) is 0 Å². The minimum Gasteiger partial charge on any atom is -0.497 e. The van der Waals surface area contributed by atoms with Gasteiger partial charge in [0.05, 0.1) is 14.2 Å². The van der Waals surface area contributed by atoms with Gasteiger partial charge >= 0.3 is 0 Å². The summed E-state index contributed by atoms with van der Waals surface area (Å²) < 4.78 is 10.6. The molecule has 0 aromatic heterocycles. The molecule has 0 heterocycles. The summed E-state index contributed by atoms with van der Waals surface area (Å²) in [6, 6.07) is 24.0. The third-order valence-corrected chi connectivity index (χ3v) is 10.2. The molecule has 0 amide bonds. The molecule has 0 unspecified atom stereocenters. The topological polar surface area (TPSA) is 18.5 Å². The number of benzene rings is 3. The van der Waals surface area contributed by atoms with Gasteiger partial charge in [0.2, 0.25) is 0 Å². The summed E-state index contributed by atoms with van der Waals surface area (Å²) in [5, 5.41) is 0.983. The molecule has 0 N–H and O–H groups in total. The zero-order valence-corrected chi connectivity index (χ0v) is 21.7. The molecule has 170 valence electrons. The normalized spacial score (nSPS) is 10.5. The Morgan fingerprint density at radius 1 is 0.647 bits per heavy atom. The lowest BCUT2D eigenvalue weighted by Gasteiger charge is -2.35. The third kappa shape index (κ3) is 5.55. The van der Waals surface area contributed by atoms with Crippen molar-refractivity contribution in [2.24, 2.45) is 0 Å². The van der Waals surface area contributed by atoms with Crippen molar-refractivity contribution in [2.45, 2.75) is 32.7 Å². The smallest absolute Gasteiger partial charge is 0.253 e. The molecule has 0 atom stereocenters. The molecule has 0 spiro atoms. The lowest BCUT2D eigenvalue weighted by atomic mass is 10.2. The Hall–Kier alpha value is -3.84. The Balaban J connectivity index is 2.27. The van der Waals surface area contributed by atoms with Gasteiger partial charge in [-0.3, -0.25) is 0 Å². The van der Waals surface area contributed by atoms with Crippen LogP contribution in [-0.2, 0) is 0 Å². The average Bonchev–Trinajstić information content (AvgIpc) is 2.85. The molecule has 2 nitrogen and oxygen atoms in total. The highest BCUT2D eigenvalue weighted by atomic mass is 28.3. The van der Waals surface area contributed by atoms with Crippen LogP contribution in [0.15, 0.2) is 72.8 Å². The summed E-state index contributed by atoms with van der Waals surface area (Å²) in [6.07, 6.45) is 0. The first-order valence-corrected chi connectivity index (χ1v) is 13.2. The Labute approximate surface area is 205 Å². The van der Waals surface area contributed by atoms with E-state index < -0.39 is 8.07 Å². The van der Waals surface area contributed by atoms with Crippen LogP contribution in [0.2, 0.25) is 5.04 Å². The number of hydrogen-bond donors (Lipinski definition) is 0. The Morgan fingerprint density at radius 3 is 1.53 bits per heavy atom. The van der Waals surface area contributed by atoms with Crippen LogP contribution in [-0.4, -0.2) is 22.3 Å². The van der Waals surface area contributed by atoms with Gasteiger partial charge in [-0.25, -0.2) is 0 Å². The molecule has 0 fully saturated rings. The minimum atomic E-state index is -2.75. The van der Waals surface area contributed by atoms with E-state index in [4.69, 9.17) is 9.47 Å². The van der Waals surface area contributed by atoms with Crippen molar-refractivity contribution in [2.75, 3.05) is 14.2 Å². The monoisotopic (exact) mass is 462 g/mol. The van der Waals surface area contributed by atoms with E-state index in [1.165, 1.54) is 0 Å². The van der Waals surface area contributed by atoms with Crippen LogP contribution in [0.25, 0.3) is 0 Å². The van der Waals surface area contributed by atoms with Gasteiger partial charge in [0.15, 0.2) is 0 Å². The molecule has 0 bridgehead atoms. The third-order valence-electron chi connectivity index (χ3n) is 5.68. The van der Waals surface area contributed by atoms with Crippen LogP contribution in [0.5, 0.6) is 11.5 Å². The average molecular weight is 463 g/mol. The van der Waals surface area contributed by atoms with E-state index >= 15 is 0 Å². The van der Waals surface area contributed by atoms with Gasteiger partial charge in [-0.15, -0.1) is 17.0 Å². The van der Waals surface area contributed by atoms with Crippen LogP contribution in [0.4, 0.5) is 0 Å². The molecule has 0 radical (unpaired) electrons. The minimum absolute atomic E-state index is 0.169. The van der Waals surface area contributed by atoms with Crippen LogP contribution in [0.3, 0.4) is 0 Å². The molecule has 0 saturated heterocycles.